The Kier molecular flexibility index (Phi) is 5.12. The fourth-order valence-corrected chi connectivity index (χ4v) is 2.45. The first kappa shape index (κ1) is 14.5. The predicted octanol–water partition coefficient (Wildman–Crippen LogP) is 2.83. The highest BCUT2D eigenvalue weighted by Gasteiger charge is 2.18. The Morgan fingerprint density at radius 2 is 1.75 bits per heavy atom. The summed E-state index contributed by atoms with van der Waals surface area (Å²) in [5, 5.41) is 3.38. The van der Waals surface area contributed by atoms with E-state index in [2.05, 4.69) is 15.3 Å². The molecule has 0 radical (unpaired) electrons. The van der Waals surface area contributed by atoms with Crippen molar-refractivity contribution in [2.45, 2.75) is 30.3 Å². The van der Waals surface area contributed by atoms with E-state index in [4.69, 9.17) is 0 Å². The van der Waals surface area contributed by atoms with Crippen molar-refractivity contribution >= 4 is 17.7 Å². The van der Waals surface area contributed by atoms with Crippen LogP contribution in [0.25, 0.3) is 0 Å². The largest absolute Gasteiger partial charge is 0.349 e. The van der Waals surface area contributed by atoms with Crippen molar-refractivity contribution < 1.29 is 4.79 Å². The molecule has 104 valence electrons. The Hall–Kier alpha value is -1.88. The summed E-state index contributed by atoms with van der Waals surface area (Å²) in [6, 6.07) is 11.6. The summed E-state index contributed by atoms with van der Waals surface area (Å²) in [7, 11) is 0. The summed E-state index contributed by atoms with van der Waals surface area (Å²) in [6.07, 6.45) is 3.35. The molecule has 20 heavy (non-hydrogen) atoms. The molecule has 0 aliphatic carbocycles. The number of nitrogens with one attached hydrogen (secondary N) is 1. The van der Waals surface area contributed by atoms with E-state index in [0.717, 1.165) is 5.56 Å². The van der Waals surface area contributed by atoms with Gasteiger partial charge in [-0.1, -0.05) is 42.1 Å². The molecule has 2 unspecified atom stereocenters. The monoisotopic (exact) mass is 287 g/mol. The number of amides is 1. The second-order valence-corrected chi connectivity index (χ2v) is 5.74. The lowest BCUT2D eigenvalue weighted by atomic mass is 10.1. The Labute approximate surface area is 123 Å². The van der Waals surface area contributed by atoms with Crippen LogP contribution in [0.15, 0.2) is 53.9 Å². The van der Waals surface area contributed by atoms with Gasteiger partial charge in [0.1, 0.15) is 0 Å². The SMILES string of the molecule is CC(Sc1ncccn1)C(=O)NC(C)c1ccccc1. The second-order valence-electron chi connectivity index (χ2n) is 4.43. The van der Waals surface area contributed by atoms with Gasteiger partial charge in [-0.15, -0.1) is 0 Å². The van der Waals surface area contributed by atoms with Gasteiger partial charge in [-0.2, -0.15) is 0 Å². The zero-order valence-corrected chi connectivity index (χ0v) is 12.3. The zero-order valence-electron chi connectivity index (χ0n) is 11.5. The molecule has 2 atom stereocenters. The van der Waals surface area contributed by atoms with Gasteiger partial charge in [-0.3, -0.25) is 4.79 Å². The molecule has 0 bridgehead atoms. The maximum Gasteiger partial charge on any atom is 0.233 e. The van der Waals surface area contributed by atoms with Crippen molar-refractivity contribution in [1.29, 1.82) is 0 Å². The third-order valence-corrected chi connectivity index (χ3v) is 3.84. The lowest BCUT2D eigenvalue weighted by molar-refractivity contribution is -0.120. The summed E-state index contributed by atoms with van der Waals surface area (Å²) in [6.45, 7) is 3.83. The van der Waals surface area contributed by atoms with Crippen LogP contribution in [0.4, 0.5) is 0 Å². The molecule has 2 aromatic rings. The fourth-order valence-electron chi connectivity index (χ4n) is 1.71. The molecule has 1 heterocycles. The lowest BCUT2D eigenvalue weighted by Crippen LogP contribution is -2.33. The number of rotatable bonds is 5. The van der Waals surface area contributed by atoms with Crippen LogP contribution in [-0.2, 0) is 4.79 Å². The van der Waals surface area contributed by atoms with Crippen molar-refractivity contribution in [1.82, 2.24) is 15.3 Å². The van der Waals surface area contributed by atoms with E-state index in [0.29, 0.717) is 5.16 Å². The third kappa shape index (κ3) is 4.06. The number of carbonyl (C=O) groups excluding carboxylic acids is 1. The van der Waals surface area contributed by atoms with Crippen LogP contribution in [-0.4, -0.2) is 21.1 Å². The summed E-state index contributed by atoms with van der Waals surface area (Å²) in [5.74, 6) is -0.0150. The third-order valence-electron chi connectivity index (χ3n) is 2.85. The molecule has 5 heteroatoms. The van der Waals surface area contributed by atoms with Crippen LogP contribution in [0.1, 0.15) is 25.5 Å². The summed E-state index contributed by atoms with van der Waals surface area (Å²) in [4.78, 5) is 20.4. The van der Waals surface area contributed by atoms with Gasteiger partial charge in [-0.05, 0) is 25.5 Å². The minimum atomic E-state index is -0.233. The summed E-state index contributed by atoms with van der Waals surface area (Å²) >= 11 is 1.35. The van der Waals surface area contributed by atoms with E-state index in [1.54, 1.807) is 18.5 Å². The average molecular weight is 287 g/mol. The van der Waals surface area contributed by atoms with E-state index in [9.17, 15) is 4.79 Å². The van der Waals surface area contributed by atoms with Crippen LogP contribution < -0.4 is 5.32 Å². The molecule has 0 saturated heterocycles. The number of hydrogen-bond donors (Lipinski definition) is 1. The molecule has 1 amide bonds. The minimum absolute atomic E-state index is 0.0107. The minimum Gasteiger partial charge on any atom is -0.349 e. The Morgan fingerprint density at radius 3 is 2.40 bits per heavy atom. The molecule has 0 aliphatic heterocycles. The van der Waals surface area contributed by atoms with Crippen LogP contribution in [0, 0.1) is 0 Å². The molecule has 0 aliphatic rings. The smallest absolute Gasteiger partial charge is 0.233 e. The summed E-state index contributed by atoms with van der Waals surface area (Å²) < 4.78 is 0. The normalized spacial score (nSPS) is 13.5. The van der Waals surface area contributed by atoms with Crippen molar-refractivity contribution in [3.63, 3.8) is 0 Å². The van der Waals surface area contributed by atoms with E-state index >= 15 is 0 Å². The van der Waals surface area contributed by atoms with Gasteiger partial charge in [0, 0.05) is 12.4 Å². The van der Waals surface area contributed by atoms with Crippen molar-refractivity contribution in [3.8, 4) is 0 Å². The van der Waals surface area contributed by atoms with E-state index in [1.165, 1.54) is 11.8 Å². The molecule has 1 aromatic carbocycles. The average Bonchev–Trinajstić information content (AvgIpc) is 2.49. The summed E-state index contributed by atoms with van der Waals surface area (Å²) in [5.41, 5.74) is 1.09. The van der Waals surface area contributed by atoms with E-state index < -0.39 is 0 Å². The highest BCUT2D eigenvalue weighted by molar-refractivity contribution is 8.00. The van der Waals surface area contributed by atoms with Crippen LogP contribution >= 0.6 is 11.8 Å². The first-order valence-electron chi connectivity index (χ1n) is 6.46. The fraction of sp³-hybridized carbons (Fsp3) is 0.267. The number of carbonyl (C=O) groups is 1. The Balaban J connectivity index is 1.91. The zero-order chi connectivity index (χ0) is 14.4. The molecular formula is C15H17N3OS. The maximum atomic E-state index is 12.1. The van der Waals surface area contributed by atoms with E-state index in [-0.39, 0.29) is 17.2 Å². The van der Waals surface area contributed by atoms with Gasteiger partial charge in [0.05, 0.1) is 11.3 Å². The number of hydrogen-bond acceptors (Lipinski definition) is 4. The number of aromatic nitrogens is 2. The molecular weight excluding hydrogens is 270 g/mol. The second kappa shape index (κ2) is 7.05. The van der Waals surface area contributed by atoms with Gasteiger partial charge in [0.25, 0.3) is 0 Å². The van der Waals surface area contributed by atoms with Gasteiger partial charge < -0.3 is 5.32 Å². The Morgan fingerprint density at radius 1 is 1.10 bits per heavy atom. The highest BCUT2D eigenvalue weighted by Crippen LogP contribution is 2.19. The number of benzene rings is 1. The topological polar surface area (TPSA) is 54.9 Å². The quantitative estimate of drug-likeness (QED) is 0.678. The molecule has 0 fully saturated rings. The molecule has 4 nitrogen and oxygen atoms in total. The molecule has 2 rings (SSSR count). The van der Waals surface area contributed by atoms with E-state index in [1.807, 2.05) is 44.2 Å². The van der Waals surface area contributed by atoms with Crippen molar-refractivity contribution in [2.24, 2.45) is 0 Å². The Bertz CT molecular complexity index is 548. The van der Waals surface area contributed by atoms with Crippen LogP contribution in [0.5, 0.6) is 0 Å². The van der Waals surface area contributed by atoms with Crippen molar-refractivity contribution in [2.75, 3.05) is 0 Å². The number of nitrogens with zero attached hydrogens (tertiary/aromatic N) is 2. The van der Waals surface area contributed by atoms with Gasteiger partial charge in [-0.25, -0.2) is 9.97 Å². The molecule has 1 N–H and O–H groups in total. The van der Waals surface area contributed by atoms with Crippen LogP contribution in [0.3, 0.4) is 0 Å². The van der Waals surface area contributed by atoms with Crippen LogP contribution in [0.2, 0.25) is 0 Å². The first-order chi connectivity index (χ1) is 9.66. The molecule has 1 aromatic heterocycles. The highest BCUT2D eigenvalue weighted by atomic mass is 32.2. The molecule has 0 spiro atoms. The first-order valence-corrected chi connectivity index (χ1v) is 7.34. The van der Waals surface area contributed by atoms with Crippen molar-refractivity contribution in [3.05, 3.63) is 54.4 Å². The lowest BCUT2D eigenvalue weighted by Gasteiger charge is -2.17. The van der Waals surface area contributed by atoms with Gasteiger partial charge in [0.2, 0.25) is 5.91 Å². The maximum absolute atomic E-state index is 12.1. The van der Waals surface area contributed by atoms with Gasteiger partial charge in [0.15, 0.2) is 5.16 Å². The molecule has 0 saturated carbocycles. The van der Waals surface area contributed by atoms with Gasteiger partial charge >= 0.3 is 0 Å². The standard InChI is InChI=1S/C15H17N3OS/c1-11(13-7-4-3-5-8-13)18-14(19)12(2)20-15-16-9-6-10-17-15/h3-12H,1-2H3,(H,18,19). The number of thioether (sulfide) groups is 1. The predicted molar refractivity (Wildman–Crippen MR) is 80.4 cm³/mol.